The molecule has 0 radical (unpaired) electrons. The molecule has 1 atom stereocenters. The summed E-state index contributed by atoms with van der Waals surface area (Å²) in [4.78, 5) is 11.5. The number of nitrogens with one attached hydrogen (secondary N) is 1. The second-order valence-corrected chi connectivity index (χ2v) is 5.75. The van der Waals surface area contributed by atoms with Gasteiger partial charge in [-0.1, -0.05) is 26.2 Å². The number of rotatable bonds is 8. The molecule has 0 aliphatic heterocycles. The van der Waals surface area contributed by atoms with Crippen LogP contribution in [0.3, 0.4) is 0 Å². The topological polar surface area (TPSA) is 38.3 Å². The Bertz CT molecular complexity index is 209. The summed E-state index contributed by atoms with van der Waals surface area (Å²) in [6.07, 6.45) is 5.91. The van der Waals surface area contributed by atoms with Crippen LogP contribution in [0.4, 0.5) is 0 Å². The molecule has 17 heavy (non-hydrogen) atoms. The van der Waals surface area contributed by atoms with Crippen LogP contribution in [0.25, 0.3) is 0 Å². The average molecular weight is 243 g/mol. The van der Waals surface area contributed by atoms with Crippen molar-refractivity contribution >= 4 is 5.97 Å². The lowest BCUT2D eigenvalue weighted by Crippen LogP contribution is -2.40. The van der Waals surface area contributed by atoms with Gasteiger partial charge in [-0.25, -0.2) is 0 Å². The summed E-state index contributed by atoms with van der Waals surface area (Å²) in [5.74, 6) is -0.150. The van der Waals surface area contributed by atoms with E-state index >= 15 is 0 Å². The molecule has 0 fully saturated rings. The molecule has 3 nitrogen and oxygen atoms in total. The lowest BCUT2D eigenvalue weighted by molar-refractivity contribution is -0.147. The Morgan fingerprint density at radius 3 is 2.41 bits per heavy atom. The maximum atomic E-state index is 11.5. The minimum atomic E-state index is -0.150. The Morgan fingerprint density at radius 2 is 1.88 bits per heavy atom. The molecule has 0 saturated carbocycles. The first-order chi connectivity index (χ1) is 7.85. The molecule has 0 aliphatic rings. The standard InChI is InChI=1S/C14H29NO2/c1-6-7-8-9-10-12(2)17-13(16)11-15-14(3,4)5/h12,15H,6-11H2,1-5H3. The third-order valence-electron chi connectivity index (χ3n) is 2.56. The van der Waals surface area contributed by atoms with Crippen LogP contribution in [0.2, 0.25) is 0 Å². The van der Waals surface area contributed by atoms with Gasteiger partial charge in [-0.3, -0.25) is 4.79 Å². The van der Waals surface area contributed by atoms with E-state index < -0.39 is 0 Å². The van der Waals surface area contributed by atoms with Gasteiger partial charge in [0.2, 0.25) is 0 Å². The molecule has 0 aromatic carbocycles. The fourth-order valence-corrected chi connectivity index (χ4v) is 1.52. The van der Waals surface area contributed by atoms with E-state index in [4.69, 9.17) is 4.74 Å². The zero-order valence-electron chi connectivity index (χ0n) is 12.1. The van der Waals surface area contributed by atoms with Gasteiger partial charge in [0, 0.05) is 5.54 Å². The van der Waals surface area contributed by atoms with E-state index in [1.807, 2.05) is 27.7 Å². The third-order valence-corrected chi connectivity index (χ3v) is 2.56. The Morgan fingerprint density at radius 1 is 1.24 bits per heavy atom. The minimum Gasteiger partial charge on any atom is -0.462 e. The van der Waals surface area contributed by atoms with E-state index in [-0.39, 0.29) is 17.6 Å². The molecule has 1 N–H and O–H groups in total. The Hall–Kier alpha value is -0.570. The molecule has 0 amide bonds. The highest BCUT2D eigenvalue weighted by molar-refractivity contribution is 5.71. The molecular formula is C14H29NO2. The van der Waals surface area contributed by atoms with Gasteiger partial charge < -0.3 is 10.1 Å². The summed E-state index contributed by atoms with van der Waals surface area (Å²) in [6, 6.07) is 0. The van der Waals surface area contributed by atoms with Gasteiger partial charge in [-0.2, -0.15) is 0 Å². The normalized spacial score (nSPS) is 13.5. The summed E-state index contributed by atoms with van der Waals surface area (Å²) in [7, 11) is 0. The van der Waals surface area contributed by atoms with E-state index in [0.29, 0.717) is 6.54 Å². The van der Waals surface area contributed by atoms with Gasteiger partial charge in [-0.05, 0) is 40.5 Å². The molecule has 0 rings (SSSR count). The maximum Gasteiger partial charge on any atom is 0.320 e. The number of hydrogen-bond acceptors (Lipinski definition) is 3. The second-order valence-electron chi connectivity index (χ2n) is 5.75. The quantitative estimate of drug-likeness (QED) is 0.525. The van der Waals surface area contributed by atoms with Crippen LogP contribution in [-0.4, -0.2) is 24.2 Å². The van der Waals surface area contributed by atoms with Crippen molar-refractivity contribution in [1.82, 2.24) is 5.32 Å². The highest BCUT2D eigenvalue weighted by Crippen LogP contribution is 2.08. The maximum absolute atomic E-state index is 11.5. The van der Waals surface area contributed by atoms with Crippen LogP contribution >= 0.6 is 0 Å². The van der Waals surface area contributed by atoms with Gasteiger partial charge in [0.1, 0.15) is 0 Å². The van der Waals surface area contributed by atoms with Crippen molar-refractivity contribution in [1.29, 1.82) is 0 Å². The number of ether oxygens (including phenoxy) is 1. The number of hydrogen-bond donors (Lipinski definition) is 1. The fraction of sp³-hybridized carbons (Fsp3) is 0.929. The Kier molecular flexibility index (Phi) is 8.23. The number of unbranched alkanes of at least 4 members (excludes halogenated alkanes) is 3. The van der Waals surface area contributed by atoms with Crippen molar-refractivity contribution in [2.75, 3.05) is 6.54 Å². The average Bonchev–Trinajstić information content (AvgIpc) is 2.21. The van der Waals surface area contributed by atoms with Crippen molar-refractivity contribution in [3.63, 3.8) is 0 Å². The van der Waals surface area contributed by atoms with Crippen LogP contribution in [0.15, 0.2) is 0 Å². The molecule has 0 spiro atoms. The van der Waals surface area contributed by atoms with Crippen molar-refractivity contribution < 1.29 is 9.53 Å². The van der Waals surface area contributed by atoms with E-state index in [2.05, 4.69) is 12.2 Å². The van der Waals surface area contributed by atoms with Gasteiger partial charge in [0.25, 0.3) is 0 Å². The molecule has 0 saturated heterocycles. The van der Waals surface area contributed by atoms with Gasteiger partial charge in [0.15, 0.2) is 0 Å². The van der Waals surface area contributed by atoms with Crippen molar-refractivity contribution in [2.45, 2.75) is 78.4 Å². The predicted molar refractivity (Wildman–Crippen MR) is 72.1 cm³/mol. The first kappa shape index (κ1) is 16.4. The largest absolute Gasteiger partial charge is 0.462 e. The fourth-order valence-electron chi connectivity index (χ4n) is 1.52. The summed E-state index contributed by atoms with van der Waals surface area (Å²) in [5.41, 5.74) is -0.0383. The Balaban J connectivity index is 3.59. The first-order valence-electron chi connectivity index (χ1n) is 6.79. The predicted octanol–water partition coefficient (Wildman–Crippen LogP) is 3.28. The zero-order chi connectivity index (χ0) is 13.3. The molecule has 0 aromatic rings. The van der Waals surface area contributed by atoms with E-state index in [1.54, 1.807) is 0 Å². The summed E-state index contributed by atoms with van der Waals surface area (Å²) in [6.45, 7) is 10.6. The minimum absolute atomic E-state index is 0.0383. The first-order valence-corrected chi connectivity index (χ1v) is 6.79. The van der Waals surface area contributed by atoms with Crippen LogP contribution in [0.5, 0.6) is 0 Å². The van der Waals surface area contributed by atoms with Gasteiger partial charge >= 0.3 is 5.97 Å². The van der Waals surface area contributed by atoms with Gasteiger partial charge in [-0.15, -0.1) is 0 Å². The smallest absolute Gasteiger partial charge is 0.320 e. The number of carbonyl (C=O) groups is 1. The zero-order valence-corrected chi connectivity index (χ0v) is 12.1. The highest BCUT2D eigenvalue weighted by atomic mass is 16.5. The Labute approximate surface area is 106 Å². The highest BCUT2D eigenvalue weighted by Gasteiger charge is 2.14. The van der Waals surface area contributed by atoms with E-state index in [1.165, 1.54) is 19.3 Å². The SMILES string of the molecule is CCCCCCC(C)OC(=O)CNC(C)(C)C. The molecule has 0 aliphatic carbocycles. The van der Waals surface area contributed by atoms with Crippen LogP contribution in [-0.2, 0) is 9.53 Å². The van der Waals surface area contributed by atoms with Crippen molar-refractivity contribution in [3.05, 3.63) is 0 Å². The van der Waals surface area contributed by atoms with Crippen LogP contribution in [0.1, 0.15) is 66.7 Å². The molecule has 0 bridgehead atoms. The summed E-state index contributed by atoms with van der Waals surface area (Å²) < 4.78 is 5.32. The van der Waals surface area contributed by atoms with Crippen LogP contribution in [0, 0.1) is 0 Å². The van der Waals surface area contributed by atoms with Crippen LogP contribution < -0.4 is 5.32 Å². The molecule has 102 valence electrons. The van der Waals surface area contributed by atoms with E-state index in [0.717, 1.165) is 12.8 Å². The lowest BCUT2D eigenvalue weighted by Gasteiger charge is -2.20. The molecule has 1 unspecified atom stereocenters. The monoisotopic (exact) mass is 243 g/mol. The molecule has 3 heteroatoms. The van der Waals surface area contributed by atoms with Gasteiger partial charge in [0.05, 0.1) is 12.6 Å². The van der Waals surface area contributed by atoms with Crippen molar-refractivity contribution in [3.8, 4) is 0 Å². The molecular weight excluding hydrogens is 214 g/mol. The van der Waals surface area contributed by atoms with E-state index in [9.17, 15) is 4.79 Å². The summed E-state index contributed by atoms with van der Waals surface area (Å²) >= 11 is 0. The summed E-state index contributed by atoms with van der Waals surface area (Å²) in [5, 5.41) is 3.13. The lowest BCUT2D eigenvalue weighted by atomic mass is 10.1. The molecule has 0 aromatic heterocycles. The van der Waals surface area contributed by atoms with Crippen molar-refractivity contribution in [2.24, 2.45) is 0 Å². The molecule has 0 heterocycles. The number of carbonyl (C=O) groups excluding carboxylic acids is 1. The number of esters is 1. The third kappa shape index (κ3) is 11.7. The second kappa shape index (κ2) is 8.51.